The number of fused-ring (bicyclic) bond motifs is 6. The van der Waals surface area contributed by atoms with Gasteiger partial charge in [0.1, 0.15) is 4.88 Å². The number of hydrogen-bond acceptors (Lipinski definition) is 7. The van der Waals surface area contributed by atoms with Crippen LogP contribution in [0, 0.1) is 0 Å². The molecular weight excluding hydrogens is 556 g/mol. The molecule has 2 aliphatic carbocycles. The second kappa shape index (κ2) is 16.2. The van der Waals surface area contributed by atoms with E-state index in [0.29, 0.717) is 18.0 Å². The molecule has 0 radical (unpaired) electrons. The Bertz CT molecular complexity index is 1440. The summed E-state index contributed by atoms with van der Waals surface area (Å²) in [4.78, 5) is 26.4. The van der Waals surface area contributed by atoms with Gasteiger partial charge in [-0.15, -0.1) is 22.7 Å². The van der Waals surface area contributed by atoms with Crippen LogP contribution >= 0.6 is 22.7 Å². The zero-order chi connectivity index (χ0) is 27.8. The van der Waals surface area contributed by atoms with Crippen molar-refractivity contribution in [3.05, 3.63) is 92.7 Å². The molecule has 6 N–H and O–H groups in total. The van der Waals surface area contributed by atoms with Gasteiger partial charge in [-0.05, 0) is 71.2 Å². The first kappa shape index (κ1) is 33.9. The van der Waals surface area contributed by atoms with Crippen molar-refractivity contribution in [2.45, 2.75) is 40.5 Å². The highest BCUT2D eigenvalue weighted by molar-refractivity contribution is 7.18. The first-order valence-electron chi connectivity index (χ1n) is 12.8. The van der Waals surface area contributed by atoms with Crippen molar-refractivity contribution in [1.82, 2.24) is 5.32 Å². The molecule has 0 bridgehead atoms. The topological polar surface area (TPSA) is 133 Å². The van der Waals surface area contributed by atoms with Crippen molar-refractivity contribution >= 4 is 34.6 Å². The van der Waals surface area contributed by atoms with E-state index in [1.165, 1.54) is 49.6 Å². The average molecular weight is 597 g/mol. The molecule has 0 spiro atoms. The van der Waals surface area contributed by atoms with Gasteiger partial charge in [-0.2, -0.15) is 0 Å². The summed E-state index contributed by atoms with van der Waals surface area (Å²) in [6.45, 7) is 0.748. The highest BCUT2D eigenvalue weighted by Crippen LogP contribution is 2.40. The number of aliphatic hydroxyl groups excluding tert-OH is 2. The predicted octanol–water partition coefficient (Wildman–Crippen LogP) is 5.66. The molecule has 9 heteroatoms. The zero-order valence-corrected chi connectivity index (χ0v) is 23.1. The van der Waals surface area contributed by atoms with Gasteiger partial charge in [0, 0.05) is 22.8 Å². The first-order chi connectivity index (χ1) is 19.0. The third kappa shape index (κ3) is 8.12. The van der Waals surface area contributed by atoms with Crippen molar-refractivity contribution in [2.75, 3.05) is 26.3 Å². The maximum absolute atomic E-state index is 11.9. The number of benzene rings is 2. The van der Waals surface area contributed by atoms with Crippen LogP contribution in [0.1, 0.15) is 56.5 Å². The summed E-state index contributed by atoms with van der Waals surface area (Å²) in [7, 11) is 0. The highest BCUT2D eigenvalue weighted by Gasteiger charge is 2.22. The van der Waals surface area contributed by atoms with E-state index in [0.717, 1.165) is 35.4 Å². The van der Waals surface area contributed by atoms with Crippen molar-refractivity contribution in [3.63, 3.8) is 0 Å². The van der Waals surface area contributed by atoms with Gasteiger partial charge in [0.25, 0.3) is 5.91 Å². The van der Waals surface area contributed by atoms with Crippen molar-refractivity contribution < 1.29 is 24.9 Å². The number of rotatable bonds is 5. The number of carbonyl (C=O) groups excluding carboxylic acids is 1. The fourth-order valence-corrected chi connectivity index (χ4v) is 6.91. The number of aliphatic hydroxyl groups is 2. The normalized spacial score (nSPS) is 11.7. The Morgan fingerprint density at radius 1 is 0.732 bits per heavy atom. The molecule has 2 aromatic carbocycles. The van der Waals surface area contributed by atoms with Gasteiger partial charge in [0.05, 0.1) is 18.1 Å². The van der Waals surface area contributed by atoms with Crippen LogP contribution in [0.15, 0.2) is 60.7 Å². The van der Waals surface area contributed by atoms with Crippen LogP contribution in [0.25, 0.3) is 20.9 Å². The lowest BCUT2D eigenvalue weighted by molar-refractivity contribution is 0.0701. The number of amides is 1. The van der Waals surface area contributed by atoms with E-state index in [4.69, 9.17) is 21.1 Å². The van der Waals surface area contributed by atoms with Crippen LogP contribution in [0.5, 0.6) is 0 Å². The van der Waals surface area contributed by atoms with Gasteiger partial charge in [-0.3, -0.25) is 4.79 Å². The summed E-state index contributed by atoms with van der Waals surface area (Å²) < 4.78 is 0. The van der Waals surface area contributed by atoms with E-state index < -0.39 is 5.97 Å². The molecule has 4 aromatic rings. The number of carboxylic acid groups (broad SMARTS) is 1. The SMILES string of the molecule is C.C.NCCO.O=C(NCCO)c1cc2c(s1)-c1ccccc1CC2.O=C(O)c1cc2c(s1)-c1ccccc1CC2. The number of carboxylic acids is 1. The number of aryl methyl sites for hydroxylation is 4. The minimum absolute atomic E-state index is 0. The fourth-order valence-electron chi connectivity index (χ4n) is 4.62. The number of aromatic carboxylic acids is 1. The molecule has 7 nitrogen and oxygen atoms in total. The Balaban J connectivity index is 0.000000246. The third-order valence-corrected chi connectivity index (χ3v) is 8.84. The molecule has 0 fully saturated rings. The van der Waals surface area contributed by atoms with Crippen LogP contribution in [-0.2, 0) is 25.7 Å². The van der Waals surface area contributed by atoms with Gasteiger partial charge in [0.15, 0.2) is 0 Å². The molecule has 0 saturated heterocycles. The van der Waals surface area contributed by atoms with Crippen molar-refractivity contribution in [1.29, 1.82) is 0 Å². The van der Waals surface area contributed by atoms with E-state index >= 15 is 0 Å². The molecule has 2 aliphatic rings. The van der Waals surface area contributed by atoms with E-state index in [-0.39, 0.29) is 34.0 Å². The van der Waals surface area contributed by atoms with Crippen LogP contribution in [-0.4, -0.2) is 53.5 Å². The minimum atomic E-state index is -0.822. The summed E-state index contributed by atoms with van der Waals surface area (Å²) in [6.07, 6.45) is 4.00. The molecular formula is C32H40N2O5S2. The molecule has 1 amide bonds. The quantitative estimate of drug-likeness (QED) is 0.202. The lowest BCUT2D eigenvalue weighted by atomic mass is 9.91. The molecule has 0 aliphatic heterocycles. The van der Waals surface area contributed by atoms with Gasteiger partial charge < -0.3 is 26.4 Å². The van der Waals surface area contributed by atoms with Crippen LogP contribution in [0.4, 0.5) is 0 Å². The predicted molar refractivity (Wildman–Crippen MR) is 170 cm³/mol. The lowest BCUT2D eigenvalue weighted by Gasteiger charge is -2.15. The molecule has 220 valence electrons. The number of carbonyl (C=O) groups is 2. The summed E-state index contributed by atoms with van der Waals surface area (Å²) in [5, 5.41) is 28.2. The van der Waals surface area contributed by atoms with E-state index in [1.807, 2.05) is 30.3 Å². The average Bonchev–Trinajstić information content (AvgIpc) is 3.62. The zero-order valence-electron chi connectivity index (χ0n) is 21.5. The van der Waals surface area contributed by atoms with Crippen LogP contribution in [0.3, 0.4) is 0 Å². The highest BCUT2D eigenvalue weighted by atomic mass is 32.1. The number of nitrogens with one attached hydrogen (secondary N) is 1. The summed E-state index contributed by atoms with van der Waals surface area (Å²) in [5.41, 5.74) is 12.4. The molecule has 2 heterocycles. The van der Waals surface area contributed by atoms with E-state index in [9.17, 15) is 9.59 Å². The standard InChI is InChI=1S/C15H15NO2S.C13H10O2S.C2H7NO.2CH4/c17-8-7-16-15(18)13-9-11-6-5-10-3-1-2-4-12(10)14(11)19-13;14-13(15)11-7-9-6-5-8-3-1-2-4-10(8)12(9)16-11;3-1-2-4;;/h1-4,9,17H,5-8H2,(H,16,18);1-4,7H,5-6H2,(H,14,15);4H,1-3H2;2*1H4. The summed E-state index contributed by atoms with van der Waals surface area (Å²) in [5.74, 6) is -0.914. The fraction of sp³-hybridized carbons (Fsp3) is 0.312. The second-order valence-corrected chi connectivity index (χ2v) is 11.1. The Morgan fingerprint density at radius 2 is 1.17 bits per heavy atom. The summed E-state index contributed by atoms with van der Waals surface area (Å²) in [6, 6.07) is 20.4. The van der Waals surface area contributed by atoms with Crippen molar-refractivity contribution in [3.8, 4) is 20.9 Å². The lowest BCUT2D eigenvalue weighted by Crippen LogP contribution is -2.25. The van der Waals surface area contributed by atoms with E-state index in [2.05, 4.69) is 35.6 Å². The number of nitrogens with two attached hydrogens (primary N) is 1. The number of thiophene rings is 2. The monoisotopic (exact) mass is 596 g/mol. The largest absolute Gasteiger partial charge is 0.477 e. The molecule has 6 rings (SSSR count). The van der Waals surface area contributed by atoms with Gasteiger partial charge in [0.2, 0.25) is 0 Å². The maximum Gasteiger partial charge on any atom is 0.345 e. The smallest absolute Gasteiger partial charge is 0.345 e. The van der Waals surface area contributed by atoms with Crippen LogP contribution in [0.2, 0.25) is 0 Å². The minimum Gasteiger partial charge on any atom is -0.477 e. The molecule has 0 saturated carbocycles. The Kier molecular flexibility index (Phi) is 13.4. The maximum atomic E-state index is 11.9. The molecule has 0 atom stereocenters. The first-order valence-corrected chi connectivity index (χ1v) is 14.4. The Labute approximate surface area is 250 Å². The van der Waals surface area contributed by atoms with E-state index in [1.54, 1.807) is 11.3 Å². The third-order valence-electron chi connectivity index (χ3n) is 6.43. The van der Waals surface area contributed by atoms with Gasteiger partial charge in [-0.25, -0.2) is 4.79 Å². The molecule has 2 aromatic heterocycles. The molecule has 41 heavy (non-hydrogen) atoms. The van der Waals surface area contributed by atoms with Gasteiger partial charge >= 0.3 is 5.97 Å². The van der Waals surface area contributed by atoms with Gasteiger partial charge in [-0.1, -0.05) is 63.4 Å². The number of hydrogen-bond donors (Lipinski definition) is 5. The Hall–Kier alpha value is -3.34. The van der Waals surface area contributed by atoms with Crippen molar-refractivity contribution in [2.24, 2.45) is 5.73 Å². The molecule has 0 unspecified atom stereocenters. The van der Waals surface area contributed by atoms with Crippen LogP contribution < -0.4 is 11.1 Å². The Morgan fingerprint density at radius 3 is 1.63 bits per heavy atom. The summed E-state index contributed by atoms with van der Waals surface area (Å²) >= 11 is 2.93. The second-order valence-electron chi connectivity index (χ2n) is 9.04.